The number of ether oxygens (including phenoxy) is 1. The molecule has 5 aromatic rings. The molecule has 4 heterocycles. The number of aromatic nitrogens is 5. The van der Waals surface area contributed by atoms with Gasteiger partial charge in [-0.15, -0.1) is 0 Å². The van der Waals surface area contributed by atoms with E-state index in [4.69, 9.17) is 15.9 Å². The first kappa shape index (κ1) is 24.8. The molecule has 1 saturated heterocycles. The van der Waals surface area contributed by atoms with Crippen LogP contribution in [0.15, 0.2) is 67.3 Å². The first-order valence-electron chi connectivity index (χ1n) is 11.2. The van der Waals surface area contributed by atoms with Crippen molar-refractivity contribution in [3.05, 3.63) is 67.3 Å². The number of hydrogen-bond donors (Lipinski definition) is 5. The van der Waals surface area contributed by atoms with E-state index in [1.165, 1.54) is 11.7 Å². The number of carbonyl (C=O) groups excluding carboxylic acids is 1. The molecule has 11 nitrogen and oxygen atoms in total. The van der Waals surface area contributed by atoms with E-state index in [2.05, 4.69) is 30.1 Å². The summed E-state index contributed by atoms with van der Waals surface area (Å²) in [6.45, 7) is 0.558. The van der Waals surface area contributed by atoms with Gasteiger partial charge < -0.3 is 31.0 Å². The molecule has 0 spiro atoms. The van der Waals surface area contributed by atoms with Crippen LogP contribution in [0.2, 0.25) is 0 Å². The summed E-state index contributed by atoms with van der Waals surface area (Å²) in [5, 5.41) is 27.3. The summed E-state index contributed by atoms with van der Waals surface area (Å²) in [5.74, 6) is 0.465. The number of aliphatic hydroxyl groups is 2. The maximum absolute atomic E-state index is 10.2. The minimum Gasteiger partial charge on any atom is -0.388 e. The zero-order chi connectivity index (χ0) is 25.5. The molecule has 11 heteroatoms. The average molecular weight is 490 g/mol. The van der Waals surface area contributed by atoms with Gasteiger partial charge in [-0.05, 0) is 29.0 Å². The van der Waals surface area contributed by atoms with Crippen molar-refractivity contribution < 1.29 is 19.7 Å². The van der Waals surface area contributed by atoms with Crippen LogP contribution in [-0.4, -0.2) is 66.8 Å². The van der Waals surface area contributed by atoms with E-state index >= 15 is 0 Å². The SMILES string of the molecule is Cn1ccc(-c2c[nH]c3ncnc(N)c23)n1.O=CNc1ccc2ccccc2c1.OC1COCC1O. The van der Waals surface area contributed by atoms with Gasteiger partial charge in [-0.2, -0.15) is 5.10 Å². The van der Waals surface area contributed by atoms with Crippen molar-refractivity contribution in [3.8, 4) is 11.3 Å². The fourth-order valence-electron chi connectivity index (χ4n) is 3.63. The number of nitrogen functional groups attached to an aromatic ring is 1. The smallest absolute Gasteiger partial charge is 0.211 e. The highest BCUT2D eigenvalue weighted by Crippen LogP contribution is 2.29. The third kappa shape index (κ3) is 5.84. The number of nitrogens with one attached hydrogen (secondary N) is 2. The van der Waals surface area contributed by atoms with Crippen molar-refractivity contribution in [3.63, 3.8) is 0 Å². The third-order valence-corrected chi connectivity index (χ3v) is 5.49. The molecular formula is C25H27N7O4. The number of benzene rings is 2. The monoisotopic (exact) mass is 489 g/mol. The Hall–Kier alpha value is -4.32. The van der Waals surface area contributed by atoms with Gasteiger partial charge in [-0.25, -0.2) is 9.97 Å². The Morgan fingerprint density at radius 1 is 1.11 bits per heavy atom. The number of aromatic amines is 1. The lowest BCUT2D eigenvalue weighted by Gasteiger charge is -2.00. The molecular weight excluding hydrogens is 462 g/mol. The minimum atomic E-state index is -0.653. The molecule has 1 fully saturated rings. The highest BCUT2D eigenvalue weighted by Gasteiger charge is 2.22. The number of anilines is 2. The van der Waals surface area contributed by atoms with Crippen molar-refractivity contribution in [2.24, 2.45) is 7.05 Å². The van der Waals surface area contributed by atoms with Gasteiger partial charge in [-0.1, -0.05) is 30.3 Å². The van der Waals surface area contributed by atoms with Crippen LogP contribution in [0.5, 0.6) is 0 Å². The maximum atomic E-state index is 10.2. The van der Waals surface area contributed by atoms with E-state index in [0.717, 1.165) is 33.4 Å². The molecule has 2 aromatic carbocycles. The summed E-state index contributed by atoms with van der Waals surface area (Å²) in [6, 6.07) is 15.8. The number of amides is 1. The molecule has 0 radical (unpaired) electrons. The number of rotatable bonds is 3. The van der Waals surface area contributed by atoms with E-state index in [1.54, 1.807) is 4.68 Å². The predicted octanol–water partition coefficient (Wildman–Crippen LogP) is 2.09. The van der Waals surface area contributed by atoms with Gasteiger partial charge in [0.15, 0.2) is 0 Å². The molecule has 36 heavy (non-hydrogen) atoms. The highest BCUT2D eigenvalue weighted by molar-refractivity contribution is 5.99. The van der Waals surface area contributed by atoms with Crippen LogP contribution in [0, 0.1) is 0 Å². The van der Waals surface area contributed by atoms with Crippen LogP contribution >= 0.6 is 0 Å². The number of nitrogens with zero attached hydrogens (tertiary/aromatic N) is 4. The van der Waals surface area contributed by atoms with E-state index in [-0.39, 0.29) is 13.2 Å². The van der Waals surface area contributed by atoms with Crippen molar-refractivity contribution >= 4 is 39.7 Å². The molecule has 3 aromatic heterocycles. The zero-order valence-corrected chi connectivity index (χ0v) is 19.6. The topological polar surface area (TPSA) is 164 Å². The van der Waals surface area contributed by atoms with E-state index in [0.29, 0.717) is 12.2 Å². The van der Waals surface area contributed by atoms with Crippen LogP contribution in [-0.2, 0) is 16.6 Å². The molecule has 2 unspecified atom stereocenters. The summed E-state index contributed by atoms with van der Waals surface area (Å²) >= 11 is 0. The van der Waals surface area contributed by atoms with Gasteiger partial charge in [0.05, 0.1) is 24.3 Å². The normalized spacial score (nSPS) is 16.6. The van der Waals surface area contributed by atoms with Crippen molar-refractivity contribution in [1.29, 1.82) is 0 Å². The molecule has 0 bridgehead atoms. The number of fused-ring (bicyclic) bond motifs is 2. The van der Waals surface area contributed by atoms with Gasteiger partial charge >= 0.3 is 0 Å². The molecule has 6 N–H and O–H groups in total. The van der Waals surface area contributed by atoms with E-state index in [9.17, 15) is 4.79 Å². The van der Waals surface area contributed by atoms with Crippen LogP contribution in [0.25, 0.3) is 33.1 Å². The first-order valence-corrected chi connectivity index (χ1v) is 11.2. The number of H-pyrrole nitrogens is 1. The Balaban J connectivity index is 0.000000137. The van der Waals surface area contributed by atoms with Crippen LogP contribution in [0.1, 0.15) is 0 Å². The summed E-state index contributed by atoms with van der Waals surface area (Å²) in [5.41, 5.74) is 9.18. The summed E-state index contributed by atoms with van der Waals surface area (Å²) in [4.78, 5) is 21.4. The standard InChI is InChI=1S/C11H9NO.C10H10N6.C4H8O3/c13-8-12-11-6-5-9-3-1-2-4-10(9)7-11;1-16-3-2-7(15-16)6-4-12-10-8(6)9(11)13-5-14-10;5-3-1-7-2-4(3)6/h1-8H,(H,12,13);2-5H,1H3,(H3,11,12,13,14);3-6H,1-2H2. The van der Waals surface area contributed by atoms with Crippen molar-refractivity contribution in [2.75, 3.05) is 24.3 Å². The molecule has 0 aliphatic carbocycles. The number of aryl methyl sites for hydroxylation is 1. The average Bonchev–Trinajstić information content (AvgIpc) is 3.61. The Labute approximate surface area is 206 Å². The molecule has 1 amide bonds. The summed E-state index contributed by atoms with van der Waals surface area (Å²) in [7, 11) is 1.87. The van der Waals surface area contributed by atoms with Gasteiger partial charge in [0.25, 0.3) is 0 Å². The summed E-state index contributed by atoms with van der Waals surface area (Å²) in [6.07, 6.45) is 4.55. The van der Waals surface area contributed by atoms with E-state index < -0.39 is 12.2 Å². The molecule has 1 aliphatic heterocycles. The third-order valence-electron chi connectivity index (χ3n) is 5.49. The zero-order valence-electron chi connectivity index (χ0n) is 19.6. The molecule has 0 saturated carbocycles. The Morgan fingerprint density at radius 2 is 1.86 bits per heavy atom. The second kappa shape index (κ2) is 11.4. The van der Waals surface area contributed by atoms with Crippen molar-refractivity contribution in [2.45, 2.75) is 12.2 Å². The highest BCUT2D eigenvalue weighted by atomic mass is 16.5. The Kier molecular flexibility index (Phi) is 7.85. The number of hydrogen-bond acceptors (Lipinski definition) is 8. The predicted molar refractivity (Wildman–Crippen MR) is 137 cm³/mol. The van der Waals surface area contributed by atoms with Crippen LogP contribution in [0.4, 0.5) is 11.5 Å². The second-order valence-corrected chi connectivity index (χ2v) is 8.06. The lowest BCUT2D eigenvalue weighted by molar-refractivity contribution is -0.105. The largest absolute Gasteiger partial charge is 0.388 e. The number of nitrogens with two attached hydrogens (primary N) is 1. The number of carbonyl (C=O) groups is 1. The van der Waals surface area contributed by atoms with Gasteiger partial charge in [0.2, 0.25) is 6.41 Å². The van der Waals surface area contributed by atoms with Crippen LogP contribution in [0.3, 0.4) is 0 Å². The second-order valence-electron chi connectivity index (χ2n) is 8.06. The molecule has 1 aliphatic rings. The lowest BCUT2D eigenvalue weighted by Crippen LogP contribution is -2.22. The maximum Gasteiger partial charge on any atom is 0.211 e. The van der Waals surface area contributed by atoms with Gasteiger partial charge in [0.1, 0.15) is 30.0 Å². The first-order chi connectivity index (χ1) is 17.5. The quantitative estimate of drug-likeness (QED) is 0.240. The fourth-order valence-corrected chi connectivity index (χ4v) is 3.63. The molecule has 2 atom stereocenters. The van der Waals surface area contributed by atoms with Crippen LogP contribution < -0.4 is 11.1 Å². The molecule has 6 rings (SSSR count). The van der Waals surface area contributed by atoms with Gasteiger partial charge in [0, 0.05) is 30.7 Å². The molecule has 186 valence electrons. The van der Waals surface area contributed by atoms with Crippen molar-refractivity contribution in [1.82, 2.24) is 24.7 Å². The fraction of sp³-hybridized carbons (Fsp3) is 0.200. The minimum absolute atomic E-state index is 0.279. The Bertz CT molecular complexity index is 1440. The van der Waals surface area contributed by atoms with Gasteiger partial charge in [-0.3, -0.25) is 9.48 Å². The summed E-state index contributed by atoms with van der Waals surface area (Å²) < 4.78 is 6.41. The lowest BCUT2D eigenvalue weighted by atomic mass is 10.1. The van der Waals surface area contributed by atoms with E-state index in [1.807, 2.05) is 68.0 Å². The Morgan fingerprint density at radius 3 is 2.50 bits per heavy atom. The number of aliphatic hydroxyl groups excluding tert-OH is 2.